The van der Waals surface area contributed by atoms with Gasteiger partial charge in [-0.2, -0.15) is 0 Å². The predicted octanol–water partition coefficient (Wildman–Crippen LogP) is 3.70. The van der Waals surface area contributed by atoms with Crippen LogP contribution in [0, 0.1) is 0 Å². The molecule has 2 aromatic heterocycles. The molecule has 0 bridgehead atoms. The Hall–Kier alpha value is -1.26. The van der Waals surface area contributed by atoms with Crippen LogP contribution >= 0.6 is 11.3 Å². The molecule has 0 saturated carbocycles. The van der Waals surface area contributed by atoms with Crippen LogP contribution in [0.4, 0.5) is 0 Å². The number of nitrogens with zero attached hydrogens (tertiary/aromatic N) is 2. The second-order valence-electron chi connectivity index (χ2n) is 6.38. The van der Waals surface area contributed by atoms with Crippen LogP contribution < -0.4 is 5.73 Å². The van der Waals surface area contributed by atoms with Crippen LogP contribution in [-0.4, -0.2) is 9.97 Å². The number of thiazole rings is 1. The van der Waals surface area contributed by atoms with Crippen molar-refractivity contribution in [3.8, 4) is 10.7 Å². The van der Waals surface area contributed by atoms with Gasteiger partial charge in [0.15, 0.2) is 0 Å². The minimum atomic E-state index is -0.382. The van der Waals surface area contributed by atoms with E-state index in [0.29, 0.717) is 0 Å². The smallest absolute Gasteiger partial charge is 0.142 e. The summed E-state index contributed by atoms with van der Waals surface area (Å²) < 4.78 is 0. The molecule has 2 rings (SSSR count). The van der Waals surface area contributed by atoms with Gasteiger partial charge in [-0.05, 0) is 26.0 Å². The van der Waals surface area contributed by atoms with Crippen LogP contribution in [0.25, 0.3) is 10.7 Å². The van der Waals surface area contributed by atoms with Gasteiger partial charge in [0, 0.05) is 22.0 Å². The number of nitrogens with two attached hydrogens (primary N) is 1. The van der Waals surface area contributed by atoms with E-state index in [0.717, 1.165) is 21.3 Å². The van der Waals surface area contributed by atoms with Gasteiger partial charge in [0.05, 0.1) is 11.4 Å². The third-order valence-corrected chi connectivity index (χ3v) is 4.22. The topological polar surface area (TPSA) is 51.8 Å². The summed E-state index contributed by atoms with van der Waals surface area (Å²) in [6.45, 7) is 10.5. The van der Waals surface area contributed by atoms with Crippen LogP contribution in [0.15, 0.2) is 24.4 Å². The van der Waals surface area contributed by atoms with Crippen molar-refractivity contribution >= 4 is 11.3 Å². The molecule has 4 heteroatoms. The Kier molecular flexibility index (Phi) is 3.49. The zero-order chi connectivity index (χ0) is 14.3. The van der Waals surface area contributed by atoms with Gasteiger partial charge in [-0.15, -0.1) is 11.3 Å². The first-order valence-electron chi connectivity index (χ1n) is 6.41. The minimum Gasteiger partial charge on any atom is -0.321 e. The maximum absolute atomic E-state index is 6.30. The van der Waals surface area contributed by atoms with Crippen LogP contribution in [0.3, 0.4) is 0 Å². The summed E-state index contributed by atoms with van der Waals surface area (Å²) in [5.41, 5.74) is 7.88. The van der Waals surface area contributed by atoms with Crippen molar-refractivity contribution in [3.63, 3.8) is 0 Å². The zero-order valence-corrected chi connectivity index (χ0v) is 13.0. The first-order valence-corrected chi connectivity index (χ1v) is 7.23. The van der Waals surface area contributed by atoms with E-state index < -0.39 is 0 Å². The van der Waals surface area contributed by atoms with Gasteiger partial charge in [0.2, 0.25) is 0 Å². The normalized spacial score (nSPS) is 12.7. The quantitative estimate of drug-likeness (QED) is 0.909. The Bertz CT molecular complexity index is 528. The highest BCUT2D eigenvalue weighted by atomic mass is 32.1. The van der Waals surface area contributed by atoms with Crippen molar-refractivity contribution in [1.82, 2.24) is 9.97 Å². The maximum Gasteiger partial charge on any atom is 0.142 e. The number of rotatable bonds is 2. The lowest BCUT2D eigenvalue weighted by Gasteiger charge is -2.24. The fourth-order valence-electron chi connectivity index (χ4n) is 1.86. The van der Waals surface area contributed by atoms with Crippen molar-refractivity contribution in [3.05, 3.63) is 35.0 Å². The van der Waals surface area contributed by atoms with Crippen molar-refractivity contribution in [2.24, 2.45) is 5.73 Å². The predicted molar refractivity (Wildman–Crippen MR) is 81.3 cm³/mol. The second-order valence-corrected chi connectivity index (χ2v) is 7.38. The molecule has 0 saturated heterocycles. The molecule has 2 N–H and O–H groups in total. The molecule has 0 aliphatic rings. The highest BCUT2D eigenvalue weighted by Gasteiger charge is 2.30. The lowest BCUT2D eigenvalue weighted by Crippen LogP contribution is -2.31. The molecule has 102 valence electrons. The van der Waals surface area contributed by atoms with E-state index in [1.54, 1.807) is 17.5 Å². The van der Waals surface area contributed by atoms with Crippen molar-refractivity contribution in [2.45, 2.75) is 45.6 Å². The Morgan fingerprint density at radius 3 is 2.21 bits per heavy atom. The number of pyridine rings is 1. The summed E-state index contributed by atoms with van der Waals surface area (Å²) in [5, 5.41) is 0.944. The molecule has 0 spiro atoms. The van der Waals surface area contributed by atoms with Gasteiger partial charge in [-0.25, -0.2) is 4.98 Å². The SMILES string of the molecule is CC(C)(C)c1nc(-c2ccccn2)sc1C(C)(C)N. The van der Waals surface area contributed by atoms with Gasteiger partial charge < -0.3 is 5.73 Å². The van der Waals surface area contributed by atoms with E-state index in [1.807, 2.05) is 32.0 Å². The van der Waals surface area contributed by atoms with E-state index >= 15 is 0 Å². The third-order valence-electron chi connectivity index (χ3n) is 2.81. The van der Waals surface area contributed by atoms with Crippen LogP contribution in [0.1, 0.15) is 45.2 Å². The summed E-state index contributed by atoms with van der Waals surface area (Å²) in [4.78, 5) is 10.3. The van der Waals surface area contributed by atoms with Gasteiger partial charge in [-0.1, -0.05) is 26.8 Å². The van der Waals surface area contributed by atoms with E-state index in [2.05, 4.69) is 25.8 Å². The van der Waals surface area contributed by atoms with Gasteiger partial charge in [-0.3, -0.25) is 4.98 Å². The van der Waals surface area contributed by atoms with Gasteiger partial charge >= 0.3 is 0 Å². The Morgan fingerprint density at radius 2 is 1.79 bits per heavy atom. The monoisotopic (exact) mass is 275 g/mol. The number of hydrogen-bond donors (Lipinski definition) is 1. The Labute approximate surface area is 118 Å². The molecular weight excluding hydrogens is 254 g/mol. The number of hydrogen-bond acceptors (Lipinski definition) is 4. The summed E-state index contributed by atoms with van der Waals surface area (Å²) in [5.74, 6) is 0. The first-order chi connectivity index (χ1) is 8.69. The van der Waals surface area contributed by atoms with Crippen LogP contribution in [0.5, 0.6) is 0 Å². The fourth-order valence-corrected chi connectivity index (χ4v) is 3.13. The molecule has 2 aromatic rings. The molecule has 0 aliphatic carbocycles. The molecule has 3 nitrogen and oxygen atoms in total. The van der Waals surface area contributed by atoms with Crippen molar-refractivity contribution < 1.29 is 0 Å². The molecular formula is C15H21N3S. The van der Waals surface area contributed by atoms with Crippen molar-refractivity contribution in [1.29, 1.82) is 0 Å². The molecule has 2 heterocycles. The summed E-state index contributed by atoms with van der Waals surface area (Å²) in [6, 6.07) is 5.88. The second kappa shape index (κ2) is 4.69. The number of aromatic nitrogens is 2. The lowest BCUT2D eigenvalue weighted by molar-refractivity contribution is 0.512. The molecule has 19 heavy (non-hydrogen) atoms. The van der Waals surface area contributed by atoms with Crippen LogP contribution in [-0.2, 0) is 11.0 Å². The van der Waals surface area contributed by atoms with E-state index in [1.165, 1.54) is 0 Å². The highest BCUT2D eigenvalue weighted by Crippen LogP contribution is 2.38. The van der Waals surface area contributed by atoms with E-state index in [9.17, 15) is 0 Å². The Morgan fingerprint density at radius 1 is 1.11 bits per heavy atom. The third kappa shape index (κ3) is 3.01. The Balaban J connectivity index is 2.59. The minimum absolute atomic E-state index is 0.0183. The largest absolute Gasteiger partial charge is 0.321 e. The summed E-state index contributed by atoms with van der Waals surface area (Å²) >= 11 is 1.65. The lowest BCUT2D eigenvalue weighted by atomic mass is 9.87. The van der Waals surface area contributed by atoms with Crippen LogP contribution in [0.2, 0.25) is 0 Å². The highest BCUT2D eigenvalue weighted by molar-refractivity contribution is 7.15. The van der Waals surface area contributed by atoms with Crippen molar-refractivity contribution in [2.75, 3.05) is 0 Å². The molecule has 0 aromatic carbocycles. The average Bonchev–Trinajstić information content (AvgIpc) is 2.74. The maximum atomic E-state index is 6.30. The van der Waals surface area contributed by atoms with E-state index in [4.69, 9.17) is 10.7 Å². The summed E-state index contributed by atoms with van der Waals surface area (Å²) in [7, 11) is 0. The molecule has 0 fully saturated rings. The first kappa shape index (κ1) is 14.2. The molecule has 0 radical (unpaired) electrons. The summed E-state index contributed by atoms with van der Waals surface area (Å²) in [6.07, 6.45) is 1.79. The fraction of sp³-hybridized carbons (Fsp3) is 0.467. The zero-order valence-electron chi connectivity index (χ0n) is 12.2. The molecule has 0 atom stereocenters. The molecule has 0 unspecified atom stereocenters. The van der Waals surface area contributed by atoms with E-state index in [-0.39, 0.29) is 11.0 Å². The molecule has 0 aliphatic heterocycles. The average molecular weight is 275 g/mol. The molecule has 0 amide bonds. The van der Waals surface area contributed by atoms with Gasteiger partial charge in [0.25, 0.3) is 0 Å². The van der Waals surface area contributed by atoms with Gasteiger partial charge in [0.1, 0.15) is 5.01 Å². The standard InChI is InChI=1S/C15H21N3S/c1-14(2,3)11-12(15(4,5)16)19-13(18-11)10-8-6-7-9-17-10/h6-9H,16H2,1-5H3.